The number of fused-ring (bicyclic) bond motifs is 1. The summed E-state index contributed by atoms with van der Waals surface area (Å²) in [5, 5.41) is 0. The Bertz CT molecular complexity index is 530. The molecule has 0 bridgehead atoms. The van der Waals surface area contributed by atoms with Crippen molar-refractivity contribution in [3.63, 3.8) is 0 Å². The van der Waals surface area contributed by atoms with Crippen LogP contribution in [0.15, 0.2) is 29.8 Å². The number of nitrogens with zero attached hydrogens (tertiary/aromatic N) is 1. The molecule has 0 aliphatic carbocycles. The van der Waals surface area contributed by atoms with Crippen LogP contribution in [0.5, 0.6) is 5.75 Å². The van der Waals surface area contributed by atoms with Crippen LogP contribution < -0.4 is 4.74 Å². The highest BCUT2D eigenvalue weighted by Crippen LogP contribution is 2.35. The van der Waals surface area contributed by atoms with E-state index in [1.807, 2.05) is 29.2 Å². The van der Waals surface area contributed by atoms with Crippen molar-refractivity contribution in [1.29, 1.82) is 0 Å². The van der Waals surface area contributed by atoms with E-state index in [0.717, 1.165) is 42.7 Å². The van der Waals surface area contributed by atoms with Crippen LogP contribution in [0.3, 0.4) is 0 Å². The Morgan fingerprint density at radius 3 is 2.68 bits per heavy atom. The minimum absolute atomic E-state index is 0.205. The maximum absolute atomic E-state index is 12.6. The molecule has 3 nitrogen and oxygen atoms in total. The van der Waals surface area contributed by atoms with Gasteiger partial charge in [0, 0.05) is 18.2 Å². The third-order valence-corrected chi connectivity index (χ3v) is 4.20. The predicted octanol–water partition coefficient (Wildman–Crippen LogP) is 2.86. The van der Waals surface area contributed by atoms with Crippen LogP contribution in [-0.2, 0) is 4.79 Å². The summed E-state index contributed by atoms with van der Waals surface area (Å²) in [4.78, 5) is 14.7. The van der Waals surface area contributed by atoms with Gasteiger partial charge in [-0.2, -0.15) is 0 Å². The number of hydrogen-bond acceptors (Lipinski definition) is 2. The normalized spacial score (nSPS) is 22.7. The molecular weight excluding hydrogens is 238 g/mol. The van der Waals surface area contributed by atoms with Crippen LogP contribution in [-0.4, -0.2) is 30.5 Å². The third kappa shape index (κ3) is 2.03. The van der Waals surface area contributed by atoms with Crippen LogP contribution in [0, 0.1) is 0 Å². The molecule has 0 saturated carbocycles. The topological polar surface area (TPSA) is 29.5 Å². The number of methoxy groups -OCH3 is 1. The quantitative estimate of drug-likeness (QED) is 0.815. The lowest BCUT2D eigenvalue weighted by molar-refractivity contribution is -0.126. The minimum atomic E-state index is 0.205. The molecule has 3 heteroatoms. The summed E-state index contributed by atoms with van der Waals surface area (Å²) >= 11 is 0. The summed E-state index contributed by atoms with van der Waals surface area (Å²) in [6.07, 6.45) is 3.31. The molecule has 1 aromatic rings. The standard InChI is InChI=1S/C16H19NO2/c1-11-10-13-4-3-9-17(13)16(18)15(11)12-5-7-14(19-2)8-6-12/h5-8,13H,3-4,9-10H2,1-2H3/t13-/m0/s1. The molecule has 0 N–H and O–H groups in total. The summed E-state index contributed by atoms with van der Waals surface area (Å²) in [6.45, 7) is 3.00. The van der Waals surface area contributed by atoms with E-state index in [1.165, 1.54) is 5.57 Å². The van der Waals surface area contributed by atoms with Gasteiger partial charge in [0.1, 0.15) is 5.75 Å². The van der Waals surface area contributed by atoms with Crippen molar-refractivity contribution in [2.45, 2.75) is 32.2 Å². The lowest BCUT2D eigenvalue weighted by atomic mass is 9.90. The van der Waals surface area contributed by atoms with Gasteiger partial charge in [0.2, 0.25) is 0 Å². The molecule has 1 saturated heterocycles. The summed E-state index contributed by atoms with van der Waals surface area (Å²) in [5.41, 5.74) is 3.12. The SMILES string of the molecule is COc1ccc(C2=C(C)C[C@@H]3CCCN3C2=O)cc1. The Kier molecular flexibility index (Phi) is 3.05. The fraction of sp³-hybridized carbons (Fsp3) is 0.438. The molecule has 1 amide bonds. The molecule has 1 fully saturated rings. The molecule has 0 aromatic heterocycles. The highest BCUT2D eigenvalue weighted by molar-refractivity contribution is 6.21. The van der Waals surface area contributed by atoms with E-state index in [1.54, 1.807) is 7.11 Å². The monoisotopic (exact) mass is 257 g/mol. The summed E-state index contributed by atoms with van der Waals surface area (Å²) in [5.74, 6) is 1.03. The summed E-state index contributed by atoms with van der Waals surface area (Å²) in [6, 6.07) is 8.23. The predicted molar refractivity (Wildman–Crippen MR) is 74.9 cm³/mol. The highest BCUT2D eigenvalue weighted by atomic mass is 16.5. The summed E-state index contributed by atoms with van der Waals surface area (Å²) in [7, 11) is 1.65. The number of hydrogen-bond donors (Lipinski definition) is 0. The maximum Gasteiger partial charge on any atom is 0.254 e. The average Bonchev–Trinajstić information content (AvgIpc) is 2.88. The molecule has 0 spiro atoms. The first-order chi connectivity index (χ1) is 9.20. The molecule has 2 aliphatic rings. The van der Waals surface area contributed by atoms with Crippen molar-refractivity contribution in [2.24, 2.45) is 0 Å². The Labute approximate surface area is 113 Å². The molecular formula is C16H19NO2. The van der Waals surface area contributed by atoms with Gasteiger partial charge in [-0.05, 0) is 43.9 Å². The smallest absolute Gasteiger partial charge is 0.254 e. The Morgan fingerprint density at radius 1 is 1.26 bits per heavy atom. The zero-order chi connectivity index (χ0) is 13.4. The number of ether oxygens (including phenoxy) is 1. The molecule has 0 radical (unpaired) electrons. The largest absolute Gasteiger partial charge is 0.497 e. The van der Waals surface area contributed by atoms with Gasteiger partial charge in [0.25, 0.3) is 5.91 Å². The van der Waals surface area contributed by atoms with Crippen LogP contribution in [0.25, 0.3) is 5.57 Å². The van der Waals surface area contributed by atoms with E-state index in [2.05, 4.69) is 6.92 Å². The zero-order valence-corrected chi connectivity index (χ0v) is 11.5. The van der Waals surface area contributed by atoms with Gasteiger partial charge in [-0.25, -0.2) is 0 Å². The molecule has 3 rings (SSSR count). The van der Waals surface area contributed by atoms with Gasteiger partial charge >= 0.3 is 0 Å². The molecule has 1 aromatic carbocycles. The Hall–Kier alpha value is -1.77. The second-order valence-electron chi connectivity index (χ2n) is 5.38. The van der Waals surface area contributed by atoms with Gasteiger partial charge in [-0.1, -0.05) is 17.7 Å². The highest BCUT2D eigenvalue weighted by Gasteiger charge is 2.36. The van der Waals surface area contributed by atoms with E-state index in [-0.39, 0.29) is 5.91 Å². The fourth-order valence-electron chi connectivity index (χ4n) is 3.22. The van der Waals surface area contributed by atoms with Crippen LogP contribution in [0.4, 0.5) is 0 Å². The van der Waals surface area contributed by atoms with Gasteiger partial charge in [0.05, 0.1) is 7.11 Å². The molecule has 1 atom stereocenters. The van der Waals surface area contributed by atoms with Crippen LogP contribution in [0.2, 0.25) is 0 Å². The van der Waals surface area contributed by atoms with E-state index in [9.17, 15) is 4.79 Å². The maximum atomic E-state index is 12.6. The van der Waals surface area contributed by atoms with E-state index < -0.39 is 0 Å². The second-order valence-corrected chi connectivity index (χ2v) is 5.38. The average molecular weight is 257 g/mol. The van der Waals surface area contributed by atoms with Crippen molar-refractivity contribution in [2.75, 3.05) is 13.7 Å². The molecule has 19 heavy (non-hydrogen) atoms. The van der Waals surface area contributed by atoms with E-state index in [4.69, 9.17) is 4.74 Å². The zero-order valence-electron chi connectivity index (χ0n) is 11.5. The van der Waals surface area contributed by atoms with Crippen LogP contribution >= 0.6 is 0 Å². The molecule has 100 valence electrons. The number of amides is 1. The number of benzene rings is 1. The van der Waals surface area contributed by atoms with Crippen molar-refractivity contribution in [1.82, 2.24) is 4.90 Å². The molecule has 2 heterocycles. The van der Waals surface area contributed by atoms with Crippen molar-refractivity contribution in [3.8, 4) is 5.75 Å². The minimum Gasteiger partial charge on any atom is -0.497 e. The first-order valence-corrected chi connectivity index (χ1v) is 6.86. The van der Waals surface area contributed by atoms with Crippen molar-refractivity contribution >= 4 is 11.5 Å². The molecule has 0 unspecified atom stereocenters. The Morgan fingerprint density at radius 2 is 2.00 bits per heavy atom. The first kappa shape index (κ1) is 12.3. The van der Waals surface area contributed by atoms with Gasteiger partial charge in [-0.3, -0.25) is 4.79 Å². The van der Waals surface area contributed by atoms with Crippen molar-refractivity contribution in [3.05, 3.63) is 35.4 Å². The number of rotatable bonds is 2. The van der Waals surface area contributed by atoms with Crippen LogP contribution in [0.1, 0.15) is 31.7 Å². The van der Waals surface area contributed by atoms with E-state index >= 15 is 0 Å². The fourth-order valence-corrected chi connectivity index (χ4v) is 3.22. The van der Waals surface area contributed by atoms with Gasteiger partial charge in [-0.15, -0.1) is 0 Å². The van der Waals surface area contributed by atoms with Crippen molar-refractivity contribution < 1.29 is 9.53 Å². The molecule has 2 aliphatic heterocycles. The number of carbonyl (C=O) groups excluding carboxylic acids is 1. The lowest BCUT2D eigenvalue weighted by Gasteiger charge is -2.32. The second kappa shape index (κ2) is 4.72. The van der Waals surface area contributed by atoms with Gasteiger partial charge < -0.3 is 9.64 Å². The number of carbonyl (C=O) groups is 1. The third-order valence-electron chi connectivity index (χ3n) is 4.20. The Balaban J connectivity index is 1.97. The van der Waals surface area contributed by atoms with E-state index in [0.29, 0.717) is 6.04 Å². The lowest BCUT2D eigenvalue weighted by Crippen LogP contribution is -2.39. The summed E-state index contributed by atoms with van der Waals surface area (Å²) < 4.78 is 5.17. The van der Waals surface area contributed by atoms with Gasteiger partial charge in [0.15, 0.2) is 0 Å². The first-order valence-electron chi connectivity index (χ1n) is 6.86.